The first kappa shape index (κ1) is 24.3. The SMILES string of the molecule is CCOC(=O)N(CCCCN1CC=C(c2ccccc2)CC1)c1cc(OC)ccc1C(=O)O. The highest BCUT2D eigenvalue weighted by Crippen LogP contribution is 2.28. The lowest BCUT2D eigenvalue weighted by Crippen LogP contribution is -2.35. The van der Waals surface area contributed by atoms with Crippen molar-refractivity contribution in [1.29, 1.82) is 0 Å². The number of carboxylic acid groups (broad SMARTS) is 1. The van der Waals surface area contributed by atoms with Crippen LogP contribution in [0.25, 0.3) is 5.57 Å². The van der Waals surface area contributed by atoms with Crippen LogP contribution in [0.2, 0.25) is 0 Å². The molecule has 0 aliphatic carbocycles. The second kappa shape index (κ2) is 12.1. The van der Waals surface area contributed by atoms with Crippen molar-refractivity contribution >= 4 is 23.3 Å². The number of rotatable bonds is 10. The van der Waals surface area contributed by atoms with E-state index in [1.165, 1.54) is 29.2 Å². The van der Waals surface area contributed by atoms with Crippen molar-refractivity contribution in [3.63, 3.8) is 0 Å². The monoisotopic (exact) mass is 452 g/mol. The molecule has 7 heteroatoms. The van der Waals surface area contributed by atoms with Crippen molar-refractivity contribution in [1.82, 2.24) is 4.90 Å². The first-order chi connectivity index (χ1) is 16.0. The molecule has 1 amide bonds. The fraction of sp³-hybridized carbons (Fsp3) is 0.385. The number of methoxy groups -OCH3 is 1. The van der Waals surface area contributed by atoms with E-state index in [0.717, 1.165) is 38.9 Å². The maximum atomic E-state index is 12.6. The van der Waals surface area contributed by atoms with Crippen LogP contribution in [-0.2, 0) is 4.74 Å². The second-order valence-electron chi connectivity index (χ2n) is 7.89. The van der Waals surface area contributed by atoms with Gasteiger partial charge in [-0.2, -0.15) is 0 Å². The molecule has 0 atom stereocenters. The second-order valence-corrected chi connectivity index (χ2v) is 7.89. The number of aromatic carboxylic acids is 1. The summed E-state index contributed by atoms with van der Waals surface area (Å²) in [5.41, 5.74) is 3.00. The molecule has 0 saturated carbocycles. The minimum atomic E-state index is -1.10. The summed E-state index contributed by atoms with van der Waals surface area (Å²) in [6.45, 7) is 5.13. The third kappa shape index (κ3) is 6.58. The topological polar surface area (TPSA) is 79.3 Å². The van der Waals surface area contributed by atoms with Gasteiger partial charge in [-0.3, -0.25) is 9.80 Å². The lowest BCUT2D eigenvalue weighted by molar-refractivity contribution is 0.0697. The van der Waals surface area contributed by atoms with Gasteiger partial charge in [-0.05, 0) is 56.0 Å². The molecule has 2 aromatic rings. The molecule has 0 saturated heterocycles. The smallest absolute Gasteiger partial charge is 0.414 e. The Morgan fingerprint density at radius 2 is 1.91 bits per heavy atom. The summed E-state index contributed by atoms with van der Waals surface area (Å²) in [6.07, 6.45) is 4.36. The third-order valence-corrected chi connectivity index (χ3v) is 5.76. The number of hydrogen-bond donors (Lipinski definition) is 1. The largest absolute Gasteiger partial charge is 0.497 e. The predicted octanol–water partition coefficient (Wildman–Crippen LogP) is 4.93. The Balaban J connectivity index is 1.60. The zero-order valence-electron chi connectivity index (χ0n) is 19.3. The summed E-state index contributed by atoms with van der Waals surface area (Å²) < 4.78 is 10.4. The molecule has 0 radical (unpaired) electrons. The average Bonchev–Trinajstić information content (AvgIpc) is 2.84. The highest BCUT2D eigenvalue weighted by atomic mass is 16.6. The summed E-state index contributed by atoms with van der Waals surface area (Å²) in [5, 5.41) is 9.60. The van der Waals surface area contributed by atoms with E-state index in [2.05, 4.69) is 35.2 Å². The van der Waals surface area contributed by atoms with Gasteiger partial charge in [0, 0.05) is 25.7 Å². The third-order valence-electron chi connectivity index (χ3n) is 5.76. The van der Waals surface area contributed by atoms with Gasteiger partial charge >= 0.3 is 12.1 Å². The number of hydrogen-bond acceptors (Lipinski definition) is 5. The Morgan fingerprint density at radius 1 is 1.12 bits per heavy atom. The minimum Gasteiger partial charge on any atom is -0.497 e. The van der Waals surface area contributed by atoms with Gasteiger partial charge in [-0.1, -0.05) is 36.4 Å². The van der Waals surface area contributed by atoms with Gasteiger partial charge in [-0.25, -0.2) is 9.59 Å². The van der Waals surface area contributed by atoms with Gasteiger partial charge in [0.2, 0.25) is 0 Å². The van der Waals surface area contributed by atoms with E-state index in [1.807, 2.05) is 6.07 Å². The van der Waals surface area contributed by atoms with Gasteiger partial charge in [0.1, 0.15) is 5.75 Å². The number of benzene rings is 2. The molecule has 176 valence electrons. The van der Waals surface area contributed by atoms with Crippen molar-refractivity contribution in [3.8, 4) is 5.75 Å². The Hall–Kier alpha value is -3.32. The molecule has 1 aliphatic rings. The molecule has 0 unspecified atom stereocenters. The molecule has 7 nitrogen and oxygen atoms in total. The standard InChI is InChI=1S/C26H32N2O5/c1-3-33-26(31)28(24-19-22(32-2)11-12-23(24)25(29)30)16-8-7-15-27-17-13-21(14-18-27)20-9-5-4-6-10-20/h4-6,9-13,19H,3,7-8,14-18H2,1-2H3,(H,29,30). The van der Waals surface area contributed by atoms with E-state index in [9.17, 15) is 14.7 Å². The summed E-state index contributed by atoms with van der Waals surface area (Å²) in [5.74, 6) is -0.616. The van der Waals surface area contributed by atoms with Crippen LogP contribution in [0.3, 0.4) is 0 Å². The van der Waals surface area contributed by atoms with Crippen LogP contribution in [0, 0.1) is 0 Å². The van der Waals surface area contributed by atoms with Gasteiger partial charge in [0.25, 0.3) is 0 Å². The summed E-state index contributed by atoms with van der Waals surface area (Å²) in [7, 11) is 1.50. The minimum absolute atomic E-state index is 0.0402. The molecular formula is C26H32N2O5. The number of nitrogens with zero attached hydrogens (tertiary/aromatic N) is 2. The van der Waals surface area contributed by atoms with E-state index in [-0.39, 0.29) is 17.9 Å². The fourth-order valence-electron chi connectivity index (χ4n) is 3.99. The van der Waals surface area contributed by atoms with Crippen LogP contribution in [0.15, 0.2) is 54.6 Å². The van der Waals surface area contributed by atoms with E-state index in [4.69, 9.17) is 9.47 Å². The van der Waals surface area contributed by atoms with Crippen molar-refractivity contribution in [2.45, 2.75) is 26.2 Å². The molecule has 1 aliphatic heterocycles. The first-order valence-electron chi connectivity index (χ1n) is 11.4. The fourth-order valence-corrected chi connectivity index (χ4v) is 3.99. The summed E-state index contributed by atoms with van der Waals surface area (Å²) in [4.78, 5) is 28.2. The van der Waals surface area contributed by atoms with Crippen molar-refractivity contribution < 1.29 is 24.2 Å². The number of ether oxygens (including phenoxy) is 2. The Bertz CT molecular complexity index is 974. The average molecular weight is 453 g/mol. The van der Waals surface area contributed by atoms with Gasteiger partial charge < -0.3 is 14.6 Å². The van der Waals surface area contributed by atoms with E-state index >= 15 is 0 Å². The zero-order valence-corrected chi connectivity index (χ0v) is 19.3. The normalized spacial score (nSPS) is 13.8. The number of anilines is 1. The molecule has 1 heterocycles. The van der Waals surface area contributed by atoms with Gasteiger partial charge in [0.05, 0.1) is 25.0 Å². The molecule has 0 bridgehead atoms. The van der Waals surface area contributed by atoms with Crippen LogP contribution in [0.1, 0.15) is 42.1 Å². The van der Waals surface area contributed by atoms with Crippen LogP contribution in [0.5, 0.6) is 5.75 Å². The zero-order chi connectivity index (χ0) is 23.6. The maximum Gasteiger partial charge on any atom is 0.414 e. The Kier molecular flexibility index (Phi) is 8.89. The number of carboxylic acids is 1. The molecule has 0 aromatic heterocycles. The van der Waals surface area contributed by atoms with Crippen LogP contribution < -0.4 is 9.64 Å². The molecule has 33 heavy (non-hydrogen) atoms. The number of amides is 1. The summed E-state index contributed by atoms with van der Waals surface area (Å²) >= 11 is 0. The quantitative estimate of drug-likeness (QED) is 0.515. The lowest BCUT2D eigenvalue weighted by Gasteiger charge is -2.27. The van der Waals surface area contributed by atoms with Crippen LogP contribution in [-0.4, -0.2) is 62.0 Å². The van der Waals surface area contributed by atoms with Gasteiger partial charge in [-0.15, -0.1) is 0 Å². The van der Waals surface area contributed by atoms with E-state index in [0.29, 0.717) is 12.3 Å². The molecule has 2 aromatic carbocycles. The number of unbranched alkanes of at least 4 members (excludes halogenated alkanes) is 1. The van der Waals surface area contributed by atoms with Gasteiger partial charge in [0.15, 0.2) is 0 Å². The van der Waals surface area contributed by atoms with E-state index in [1.54, 1.807) is 19.1 Å². The number of carbonyl (C=O) groups excluding carboxylic acids is 1. The molecule has 0 spiro atoms. The lowest BCUT2D eigenvalue weighted by atomic mass is 9.99. The van der Waals surface area contributed by atoms with Crippen LogP contribution in [0.4, 0.5) is 10.5 Å². The van der Waals surface area contributed by atoms with Crippen molar-refractivity contribution in [3.05, 3.63) is 65.7 Å². The highest BCUT2D eigenvalue weighted by Gasteiger charge is 2.23. The molecular weight excluding hydrogens is 420 g/mol. The summed E-state index contributed by atoms with van der Waals surface area (Å²) in [6, 6.07) is 15.1. The Morgan fingerprint density at radius 3 is 2.55 bits per heavy atom. The molecule has 3 rings (SSSR count). The van der Waals surface area contributed by atoms with E-state index < -0.39 is 12.1 Å². The molecule has 1 N–H and O–H groups in total. The predicted molar refractivity (Wildman–Crippen MR) is 129 cm³/mol. The Labute approximate surface area is 195 Å². The first-order valence-corrected chi connectivity index (χ1v) is 11.4. The van der Waals surface area contributed by atoms with Crippen molar-refractivity contribution in [2.75, 3.05) is 44.8 Å². The number of carbonyl (C=O) groups is 2. The highest BCUT2D eigenvalue weighted by molar-refractivity contribution is 6.00. The molecule has 0 fully saturated rings. The van der Waals surface area contributed by atoms with Crippen molar-refractivity contribution in [2.24, 2.45) is 0 Å². The van der Waals surface area contributed by atoms with Crippen LogP contribution >= 0.6 is 0 Å². The maximum absolute atomic E-state index is 12.6.